The molecule has 4 nitrogen and oxygen atoms in total. The van der Waals surface area contributed by atoms with Crippen molar-refractivity contribution in [3.8, 4) is 11.5 Å². The first-order chi connectivity index (χ1) is 10.0. The maximum Gasteiger partial charge on any atom is 0.180 e. The molecular weight excluding hydrogens is 284 g/mol. The van der Waals surface area contributed by atoms with E-state index in [1.165, 1.54) is 0 Å². The Bertz CT molecular complexity index is 814. The van der Waals surface area contributed by atoms with E-state index in [1.807, 2.05) is 62.3 Å². The molecule has 0 aliphatic heterocycles. The van der Waals surface area contributed by atoms with Crippen molar-refractivity contribution in [2.24, 2.45) is 0 Å². The van der Waals surface area contributed by atoms with Gasteiger partial charge in [-0.3, -0.25) is 0 Å². The molecular formula is C16H15ClN4. The van der Waals surface area contributed by atoms with Crippen molar-refractivity contribution in [2.75, 3.05) is 19.0 Å². The van der Waals surface area contributed by atoms with Crippen molar-refractivity contribution < 1.29 is 0 Å². The van der Waals surface area contributed by atoms with Crippen LogP contribution in [0.25, 0.3) is 22.4 Å². The van der Waals surface area contributed by atoms with Gasteiger partial charge in [0.15, 0.2) is 5.82 Å². The van der Waals surface area contributed by atoms with Gasteiger partial charge in [-0.2, -0.15) is 0 Å². The number of hydrogen-bond acceptors (Lipinski definition) is 4. The van der Waals surface area contributed by atoms with E-state index in [0.29, 0.717) is 11.0 Å². The lowest BCUT2D eigenvalue weighted by Crippen LogP contribution is -2.08. The summed E-state index contributed by atoms with van der Waals surface area (Å²) in [7, 11) is 3.97. The second-order valence-electron chi connectivity index (χ2n) is 5.10. The second kappa shape index (κ2) is 5.30. The minimum atomic E-state index is 0.446. The molecule has 0 saturated carbocycles. The minimum Gasteiger partial charge on any atom is -0.378 e. The molecule has 0 amide bonds. The van der Waals surface area contributed by atoms with Gasteiger partial charge < -0.3 is 4.90 Å². The van der Waals surface area contributed by atoms with Crippen molar-refractivity contribution >= 4 is 28.2 Å². The smallest absolute Gasteiger partial charge is 0.180 e. The summed E-state index contributed by atoms with van der Waals surface area (Å²) in [5, 5.41) is 1.29. The number of halogens is 1. The van der Waals surface area contributed by atoms with E-state index in [0.717, 1.165) is 28.0 Å². The van der Waals surface area contributed by atoms with Gasteiger partial charge in [0.1, 0.15) is 10.8 Å². The molecule has 0 N–H and O–H groups in total. The first-order valence-electron chi connectivity index (χ1n) is 6.63. The van der Waals surface area contributed by atoms with Crippen LogP contribution >= 0.6 is 11.6 Å². The Labute approximate surface area is 128 Å². The fourth-order valence-corrected chi connectivity index (χ4v) is 2.37. The molecule has 2 heterocycles. The van der Waals surface area contributed by atoms with E-state index >= 15 is 0 Å². The molecule has 0 aliphatic rings. The Kier molecular flexibility index (Phi) is 3.47. The summed E-state index contributed by atoms with van der Waals surface area (Å²) in [6.45, 7) is 1.94. The predicted octanol–water partition coefficient (Wildman–Crippen LogP) is 3.72. The highest BCUT2D eigenvalue weighted by Crippen LogP contribution is 2.27. The Hall–Kier alpha value is -2.20. The lowest BCUT2D eigenvalue weighted by molar-refractivity contribution is 1.12. The fraction of sp³-hybridized carbons (Fsp3) is 0.188. The van der Waals surface area contributed by atoms with Gasteiger partial charge in [0.2, 0.25) is 0 Å². The van der Waals surface area contributed by atoms with E-state index in [1.54, 1.807) is 0 Å². The minimum absolute atomic E-state index is 0.446. The van der Waals surface area contributed by atoms with Crippen LogP contribution in [-0.2, 0) is 0 Å². The highest BCUT2D eigenvalue weighted by atomic mass is 35.5. The molecule has 0 saturated heterocycles. The van der Waals surface area contributed by atoms with Gasteiger partial charge in [-0.25, -0.2) is 15.0 Å². The zero-order valence-corrected chi connectivity index (χ0v) is 12.9. The molecule has 0 spiro atoms. The Morgan fingerprint density at radius 1 is 1.00 bits per heavy atom. The van der Waals surface area contributed by atoms with Gasteiger partial charge in [0.25, 0.3) is 0 Å². The average molecular weight is 299 g/mol. The van der Waals surface area contributed by atoms with Gasteiger partial charge in [-0.1, -0.05) is 17.7 Å². The van der Waals surface area contributed by atoms with Gasteiger partial charge in [0, 0.05) is 30.9 Å². The molecule has 106 valence electrons. The van der Waals surface area contributed by atoms with E-state index in [9.17, 15) is 0 Å². The topological polar surface area (TPSA) is 41.9 Å². The van der Waals surface area contributed by atoms with E-state index < -0.39 is 0 Å². The number of fused-ring (bicyclic) bond motifs is 1. The molecule has 0 atom stereocenters. The molecule has 0 aliphatic carbocycles. The average Bonchev–Trinajstić information content (AvgIpc) is 2.46. The van der Waals surface area contributed by atoms with Gasteiger partial charge in [0.05, 0.1) is 5.52 Å². The normalized spacial score (nSPS) is 10.9. The Morgan fingerprint density at radius 3 is 2.52 bits per heavy atom. The lowest BCUT2D eigenvalue weighted by Gasteiger charge is -2.13. The Morgan fingerprint density at radius 2 is 1.81 bits per heavy atom. The van der Waals surface area contributed by atoms with Crippen molar-refractivity contribution in [3.05, 3.63) is 47.2 Å². The number of pyridine rings is 1. The molecule has 0 bridgehead atoms. The number of aryl methyl sites for hydroxylation is 1. The van der Waals surface area contributed by atoms with Crippen LogP contribution in [0.3, 0.4) is 0 Å². The SMILES string of the molecule is Cc1cccc(-c2nc(Cl)c3cc(N(C)C)ccc3n2)n1. The quantitative estimate of drug-likeness (QED) is 0.676. The highest BCUT2D eigenvalue weighted by Gasteiger charge is 2.10. The molecule has 2 aromatic heterocycles. The third-order valence-electron chi connectivity index (χ3n) is 3.27. The molecule has 3 rings (SSSR count). The lowest BCUT2D eigenvalue weighted by atomic mass is 10.2. The van der Waals surface area contributed by atoms with Crippen LogP contribution in [0, 0.1) is 6.92 Å². The maximum absolute atomic E-state index is 6.33. The number of rotatable bonds is 2. The number of nitrogens with zero attached hydrogens (tertiary/aromatic N) is 4. The standard InChI is InChI=1S/C16H15ClN4/c1-10-5-4-6-14(18-10)16-19-13-8-7-11(21(2)3)9-12(13)15(17)20-16/h4-9H,1-3H3. The molecule has 0 radical (unpaired) electrons. The monoisotopic (exact) mass is 298 g/mol. The largest absolute Gasteiger partial charge is 0.378 e. The van der Waals surface area contributed by atoms with E-state index in [2.05, 4.69) is 15.0 Å². The van der Waals surface area contributed by atoms with Crippen LogP contribution in [-0.4, -0.2) is 29.0 Å². The summed E-state index contributed by atoms with van der Waals surface area (Å²) >= 11 is 6.33. The zero-order valence-electron chi connectivity index (χ0n) is 12.1. The van der Waals surface area contributed by atoms with Crippen molar-refractivity contribution in [3.63, 3.8) is 0 Å². The summed E-state index contributed by atoms with van der Waals surface area (Å²) in [5.41, 5.74) is 3.54. The first-order valence-corrected chi connectivity index (χ1v) is 7.01. The number of benzene rings is 1. The zero-order chi connectivity index (χ0) is 15.0. The molecule has 0 unspecified atom stereocenters. The first kappa shape index (κ1) is 13.8. The van der Waals surface area contributed by atoms with E-state index in [4.69, 9.17) is 11.6 Å². The Balaban J connectivity index is 2.18. The van der Waals surface area contributed by atoms with Crippen molar-refractivity contribution in [2.45, 2.75) is 6.92 Å². The summed E-state index contributed by atoms with van der Waals surface area (Å²) in [6, 6.07) is 11.7. The summed E-state index contributed by atoms with van der Waals surface area (Å²) in [4.78, 5) is 15.4. The van der Waals surface area contributed by atoms with Crippen LogP contribution < -0.4 is 4.90 Å². The van der Waals surface area contributed by atoms with Crippen LogP contribution in [0.2, 0.25) is 5.15 Å². The molecule has 5 heteroatoms. The molecule has 3 aromatic rings. The molecule has 0 fully saturated rings. The van der Waals surface area contributed by atoms with Crippen LogP contribution in [0.5, 0.6) is 0 Å². The van der Waals surface area contributed by atoms with Crippen molar-refractivity contribution in [1.29, 1.82) is 0 Å². The molecule has 1 aromatic carbocycles. The number of anilines is 1. The fourth-order valence-electron chi connectivity index (χ4n) is 2.14. The summed E-state index contributed by atoms with van der Waals surface area (Å²) in [6.07, 6.45) is 0. The third kappa shape index (κ3) is 2.67. The second-order valence-corrected chi connectivity index (χ2v) is 5.46. The highest BCUT2D eigenvalue weighted by molar-refractivity contribution is 6.34. The predicted molar refractivity (Wildman–Crippen MR) is 86.8 cm³/mol. The summed E-state index contributed by atoms with van der Waals surface area (Å²) < 4.78 is 0. The van der Waals surface area contributed by atoms with Gasteiger partial charge in [-0.15, -0.1) is 0 Å². The number of aromatic nitrogens is 3. The third-order valence-corrected chi connectivity index (χ3v) is 3.55. The van der Waals surface area contributed by atoms with Crippen LogP contribution in [0.15, 0.2) is 36.4 Å². The summed E-state index contributed by atoms with van der Waals surface area (Å²) in [5.74, 6) is 0.550. The molecule has 21 heavy (non-hydrogen) atoms. The van der Waals surface area contributed by atoms with E-state index in [-0.39, 0.29) is 0 Å². The van der Waals surface area contributed by atoms with Gasteiger partial charge >= 0.3 is 0 Å². The maximum atomic E-state index is 6.33. The van der Waals surface area contributed by atoms with Crippen LogP contribution in [0.1, 0.15) is 5.69 Å². The van der Waals surface area contributed by atoms with Crippen LogP contribution in [0.4, 0.5) is 5.69 Å². The van der Waals surface area contributed by atoms with Crippen molar-refractivity contribution in [1.82, 2.24) is 15.0 Å². The number of hydrogen-bond donors (Lipinski definition) is 0. The van der Waals surface area contributed by atoms with Gasteiger partial charge in [-0.05, 0) is 37.3 Å².